The van der Waals surface area contributed by atoms with Crippen LogP contribution in [-0.4, -0.2) is 47.0 Å². The molecule has 1 fully saturated rings. The zero-order valence-electron chi connectivity index (χ0n) is 14.2. The molecule has 0 unspecified atom stereocenters. The monoisotopic (exact) mass is 332 g/mol. The van der Waals surface area contributed by atoms with Gasteiger partial charge < -0.3 is 9.80 Å². The molecule has 0 atom stereocenters. The number of hydrogen-bond donors (Lipinski definition) is 0. The number of amides is 1. The molecule has 126 valence electrons. The fourth-order valence-corrected chi connectivity index (χ4v) is 3.22. The molecule has 1 aliphatic rings. The van der Waals surface area contributed by atoms with Crippen LogP contribution in [0.1, 0.15) is 15.9 Å². The maximum Gasteiger partial charge on any atom is 0.254 e. The highest BCUT2D eigenvalue weighted by Crippen LogP contribution is 2.18. The number of carbonyl (C=O) groups is 1. The lowest BCUT2D eigenvalue weighted by molar-refractivity contribution is 0.0746. The van der Waals surface area contributed by atoms with Gasteiger partial charge in [0.15, 0.2) is 0 Å². The van der Waals surface area contributed by atoms with Gasteiger partial charge in [0, 0.05) is 31.7 Å². The highest BCUT2D eigenvalue weighted by Gasteiger charge is 2.23. The molecule has 2 aromatic carbocycles. The number of aromatic nitrogens is 2. The van der Waals surface area contributed by atoms with E-state index >= 15 is 0 Å². The summed E-state index contributed by atoms with van der Waals surface area (Å²) in [6, 6.07) is 15.6. The smallest absolute Gasteiger partial charge is 0.254 e. The maximum atomic E-state index is 12.7. The molecular formula is C20H20N4O. The summed E-state index contributed by atoms with van der Waals surface area (Å²) >= 11 is 0. The Labute approximate surface area is 146 Å². The molecule has 0 N–H and O–H groups in total. The zero-order valence-corrected chi connectivity index (χ0v) is 14.2. The van der Waals surface area contributed by atoms with Crippen LogP contribution < -0.4 is 4.90 Å². The fraction of sp³-hybridized carbons (Fsp3) is 0.250. The Morgan fingerprint density at radius 3 is 2.36 bits per heavy atom. The predicted molar refractivity (Wildman–Crippen MR) is 98.8 cm³/mol. The number of benzene rings is 2. The molecule has 5 nitrogen and oxygen atoms in total. The van der Waals surface area contributed by atoms with Gasteiger partial charge in [-0.05, 0) is 30.7 Å². The topological polar surface area (TPSA) is 49.3 Å². The van der Waals surface area contributed by atoms with Crippen LogP contribution in [0.5, 0.6) is 0 Å². The molecule has 0 saturated carbocycles. The molecule has 5 heteroatoms. The van der Waals surface area contributed by atoms with Crippen molar-refractivity contribution in [3.05, 3.63) is 65.9 Å². The summed E-state index contributed by atoms with van der Waals surface area (Å²) in [6.07, 6.45) is 1.82. The first-order valence-electron chi connectivity index (χ1n) is 8.54. The first-order valence-corrected chi connectivity index (χ1v) is 8.54. The molecule has 4 rings (SSSR count). The van der Waals surface area contributed by atoms with Crippen LogP contribution in [0.2, 0.25) is 0 Å². The second-order valence-corrected chi connectivity index (χ2v) is 6.31. The van der Waals surface area contributed by atoms with Crippen LogP contribution in [0.25, 0.3) is 11.0 Å². The average Bonchev–Trinajstić information content (AvgIpc) is 2.67. The number of nitrogens with zero attached hydrogens (tertiary/aromatic N) is 4. The summed E-state index contributed by atoms with van der Waals surface area (Å²) < 4.78 is 0. The highest BCUT2D eigenvalue weighted by atomic mass is 16.2. The Bertz CT molecular complexity index is 916. The first kappa shape index (κ1) is 15.6. The van der Waals surface area contributed by atoms with E-state index in [2.05, 4.69) is 9.88 Å². The van der Waals surface area contributed by atoms with E-state index in [-0.39, 0.29) is 5.91 Å². The summed E-state index contributed by atoms with van der Waals surface area (Å²) in [5.41, 5.74) is 3.62. The zero-order chi connectivity index (χ0) is 17.2. The number of anilines is 1. The van der Waals surface area contributed by atoms with Gasteiger partial charge in [0.05, 0.1) is 17.2 Å². The molecule has 0 radical (unpaired) electrons. The summed E-state index contributed by atoms with van der Waals surface area (Å²) in [7, 11) is 0. The molecule has 1 amide bonds. The quantitative estimate of drug-likeness (QED) is 0.724. The first-order chi connectivity index (χ1) is 12.2. The SMILES string of the molecule is Cc1ccccc1C(=O)N1CCN(c2cnc3ccccc3n2)CC1. The second kappa shape index (κ2) is 6.51. The molecule has 0 aliphatic carbocycles. The Morgan fingerprint density at radius 2 is 1.60 bits per heavy atom. The summed E-state index contributed by atoms with van der Waals surface area (Å²) in [5, 5.41) is 0. The number of fused-ring (bicyclic) bond motifs is 1. The second-order valence-electron chi connectivity index (χ2n) is 6.31. The largest absolute Gasteiger partial charge is 0.352 e. The van der Waals surface area contributed by atoms with Gasteiger partial charge >= 0.3 is 0 Å². The van der Waals surface area contributed by atoms with E-state index in [1.165, 1.54) is 0 Å². The van der Waals surface area contributed by atoms with E-state index in [4.69, 9.17) is 4.98 Å². The minimum absolute atomic E-state index is 0.113. The third-order valence-electron chi connectivity index (χ3n) is 4.70. The van der Waals surface area contributed by atoms with Crippen molar-refractivity contribution in [2.75, 3.05) is 31.1 Å². The molecule has 1 aliphatic heterocycles. The molecule has 0 spiro atoms. The average molecular weight is 332 g/mol. The van der Waals surface area contributed by atoms with E-state index in [9.17, 15) is 4.79 Å². The number of hydrogen-bond acceptors (Lipinski definition) is 4. The maximum absolute atomic E-state index is 12.7. The summed E-state index contributed by atoms with van der Waals surface area (Å²) in [6.45, 7) is 4.91. The lowest BCUT2D eigenvalue weighted by Crippen LogP contribution is -2.49. The minimum atomic E-state index is 0.113. The Kier molecular flexibility index (Phi) is 4.06. The van der Waals surface area contributed by atoms with Crippen molar-refractivity contribution in [1.29, 1.82) is 0 Å². The summed E-state index contributed by atoms with van der Waals surface area (Å²) in [4.78, 5) is 26.0. The van der Waals surface area contributed by atoms with Gasteiger partial charge in [-0.2, -0.15) is 0 Å². The molecule has 1 aromatic heterocycles. The van der Waals surface area contributed by atoms with Crippen molar-refractivity contribution in [2.24, 2.45) is 0 Å². The molecule has 1 saturated heterocycles. The highest BCUT2D eigenvalue weighted by molar-refractivity contribution is 5.95. The van der Waals surface area contributed by atoms with Gasteiger partial charge in [0.2, 0.25) is 0 Å². The lowest BCUT2D eigenvalue weighted by atomic mass is 10.1. The van der Waals surface area contributed by atoms with Gasteiger partial charge in [0.1, 0.15) is 5.82 Å². The van der Waals surface area contributed by atoms with E-state index in [0.717, 1.165) is 41.1 Å². The predicted octanol–water partition coefficient (Wildman–Crippen LogP) is 2.90. The van der Waals surface area contributed by atoms with Crippen LogP contribution in [0.4, 0.5) is 5.82 Å². The minimum Gasteiger partial charge on any atom is -0.352 e. The summed E-state index contributed by atoms with van der Waals surface area (Å²) in [5.74, 6) is 0.990. The Hall–Kier alpha value is -2.95. The van der Waals surface area contributed by atoms with Gasteiger partial charge in [-0.25, -0.2) is 4.98 Å². The van der Waals surface area contributed by atoms with Gasteiger partial charge in [-0.15, -0.1) is 0 Å². The van der Waals surface area contributed by atoms with Crippen LogP contribution in [-0.2, 0) is 0 Å². The molecule has 3 aromatic rings. The van der Waals surface area contributed by atoms with Gasteiger partial charge in [-0.1, -0.05) is 30.3 Å². The van der Waals surface area contributed by atoms with E-state index in [0.29, 0.717) is 13.1 Å². The number of piperazine rings is 1. The van der Waals surface area contributed by atoms with Crippen LogP contribution >= 0.6 is 0 Å². The van der Waals surface area contributed by atoms with Crippen LogP contribution in [0.15, 0.2) is 54.7 Å². The van der Waals surface area contributed by atoms with Crippen molar-refractivity contribution < 1.29 is 4.79 Å². The van der Waals surface area contributed by atoms with Crippen molar-refractivity contribution >= 4 is 22.8 Å². The Balaban J connectivity index is 1.47. The Morgan fingerprint density at radius 1 is 0.920 bits per heavy atom. The van der Waals surface area contributed by atoms with E-state index in [1.807, 2.05) is 66.6 Å². The molecule has 2 heterocycles. The van der Waals surface area contributed by atoms with Crippen LogP contribution in [0, 0.1) is 6.92 Å². The third kappa shape index (κ3) is 3.05. The lowest BCUT2D eigenvalue weighted by Gasteiger charge is -2.35. The standard InChI is InChI=1S/C20H20N4O/c1-15-6-2-3-7-16(15)20(25)24-12-10-23(11-13-24)19-14-21-17-8-4-5-9-18(17)22-19/h2-9,14H,10-13H2,1H3. The fourth-order valence-electron chi connectivity index (χ4n) is 3.22. The van der Waals surface area contributed by atoms with Gasteiger partial charge in [0.25, 0.3) is 5.91 Å². The van der Waals surface area contributed by atoms with Gasteiger partial charge in [-0.3, -0.25) is 9.78 Å². The molecule has 0 bridgehead atoms. The number of carbonyl (C=O) groups excluding carboxylic acids is 1. The van der Waals surface area contributed by atoms with E-state index < -0.39 is 0 Å². The number of aryl methyl sites for hydroxylation is 1. The number of rotatable bonds is 2. The van der Waals surface area contributed by atoms with Crippen molar-refractivity contribution in [3.8, 4) is 0 Å². The number of para-hydroxylation sites is 2. The normalized spacial score (nSPS) is 14.8. The van der Waals surface area contributed by atoms with Crippen molar-refractivity contribution in [2.45, 2.75) is 6.92 Å². The molecular weight excluding hydrogens is 312 g/mol. The van der Waals surface area contributed by atoms with Crippen molar-refractivity contribution in [1.82, 2.24) is 14.9 Å². The molecule has 25 heavy (non-hydrogen) atoms. The van der Waals surface area contributed by atoms with Crippen molar-refractivity contribution in [3.63, 3.8) is 0 Å². The van der Waals surface area contributed by atoms with Crippen LogP contribution in [0.3, 0.4) is 0 Å². The van der Waals surface area contributed by atoms with E-state index in [1.54, 1.807) is 0 Å². The third-order valence-corrected chi connectivity index (χ3v) is 4.70.